The SMILES string of the molecule is COCC(C)OCc1ccc(N)cc1Cl. The molecule has 0 amide bonds. The molecular formula is C11H16ClNO2. The zero-order chi connectivity index (χ0) is 11.3. The highest BCUT2D eigenvalue weighted by molar-refractivity contribution is 6.31. The van der Waals surface area contributed by atoms with Gasteiger partial charge >= 0.3 is 0 Å². The molecule has 0 spiro atoms. The van der Waals surface area contributed by atoms with Crippen LogP contribution in [0.25, 0.3) is 0 Å². The molecule has 1 rings (SSSR count). The second kappa shape index (κ2) is 5.95. The van der Waals surface area contributed by atoms with E-state index in [2.05, 4.69) is 0 Å². The minimum Gasteiger partial charge on any atom is -0.399 e. The van der Waals surface area contributed by atoms with E-state index in [1.54, 1.807) is 13.2 Å². The van der Waals surface area contributed by atoms with E-state index in [0.29, 0.717) is 23.9 Å². The van der Waals surface area contributed by atoms with Crippen LogP contribution in [0.1, 0.15) is 12.5 Å². The maximum atomic E-state index is 6.00. The Morgan fingerprint density at radius 3 is 2.80 bits per heavy atom. The standard InChI is InChI=1S/C11H16ClNO2/c1-8(6-14-2)15-7-9-3-4-10(13)5-11(9)12/h3-5,8H,6-7,13H2,1-2H3. The van der Waals surface area contributed by atoms with E-state index < -0.39 is 0 Å². The van der Waals surface area contributed by atoms with E-state index >= 15 is 0 Å². The molecule has 0 radical (unpaired) electrons. The predicted molar refractivity (Wildman–Crippen MR) is 62.0 cm³/mol. The third-order valence-corrected chi connectivity index (χ3v) is 2.35. The van der Waals surface area contributed by atoms with Crippen molar-refractivity contribution < 1.29 is 9.47 Å². The van der Waals surface area contributed by atoms with Gasteiger partial charge in [-0.2, -0.15) is 0 Å². The summed E-state index contributed by atoms with van der Waals surface area (Å²) in [7, 11) is 1.65. The minimum atomic E-state index is 0.0589. The van der Waals surface area contributed by atoms with Crippen LogP contribution in [0.2, 0.25) is 5.02 Å². The molecule has 0 fully saturated rings. The van der Waals surface area contributed by atoms with Gasteiger partial charge in [-0.25, -0.2) is 0 Å². The van der Waals surface area contributed by atoms with Crippen LogP contribution in [-0.2, 0) is 16.1 Å². The Bertz CT molecular complexity index is 317. The maximum Gasteiger partial charge on any atom is 0.0784 e. The summed E-state index contributed by atoms with van der Waals surface area (Å²) in [6.07, 6.45) is 0.0589. The molecule has 0 aromatic heterocycles. The lowest BCUT2D eigenvalue weighted by atomic mass is 10.2. The molecule has 3 nitrogen and oxygen atoms in total. The van der Waals surface area contributed by atoms with E-state index in [1.165, 1.54) is 0 Å². The molecule has 0 saturated carbocycles. The van der Waals surface area contributed by atoms with E-state index in [9.17, 15) is 0 Å². The van der Waals surface area contributed by atoms with Crippen molar-refractivity contribution in [2.45, 2.75) is 19.6 Å². The van der Waals surface area contributed by atoms with Gasteiger partial charge in [0.2, 0.25) is 0 Å². The summed E-state index contributed by atoms with van der Waals surface area (Å²) in [5.74, 6) is 0. The van der Waals surface area contributed by atoms with Crippen LogP contribution in [0.3, 0.4) is 0 Å². The fourth-order valence-electron chi connectivity index (χ4n) is 1.20. The molecule has 0 aliphatic carbocycles. The zero-order valence-corrected chi connectivity index (χ0v) is 9.75. The van der Waals surface area contributed by atoms with E-state index in [1.807, 2.05) is 19.1 Å². The summed E-state index contributed by atoms with van der Waals surface area (Å²) in [6.45, 7) is 3.00. The highest BCUT2D eigenvalue weighted by Crippen LogP contribution is 2.20. The van der Waals surface area contributed by atoms with Crippen LogP contribution in [0.4, 0.5) is 5.69 Å². The third-order valence-electron chi connectivity index (χ3n) is 2.00. The number of rotatable bonds is 5. The molecule has 1 aromatic rings. The third kappa shape index (κ3) is 4.08. The Labute approximate surface area is 95.1 Å². The molecule has 4 heteroatoms. The number of halogens is 1. The van der Waals surface area contributed by atoms with Crippen molar-refractivity contribution in [3.05, 3.63) is 28.8 Å². The molecule has 0 aliphatic rings. The van der Waals surface area contributed by atoms with Crippen molar-refractivity contribution in [1.82, 2.24) is 0 Å². The molecule has 0 bridgehead atoms. The van der Waals surface area contributed by atoms with Gasteiger partial charge in [0.15, 0.2) is 0 Å². The monoisotopic (exact) mass is 229 g/mol. The van der Waals surface area contributed by atoms with Crippen LogP contribution in [0.5, 0.6) is 0 Å². The van der Waals surface area contributed by atoms with Gasteiger partial charge < -0.3 is 15.2 Å². The van der Waals surface area contributed by atoms with Crippen LogP contribution >= 0.6 is 11.6 Å². The van der Waals surface area contributed by atoms with Crippen molar-refractivity contribution in [1.29, 1.82) is 0 Å². The Morgan fingerprint density at radius 2 is 2.20 bits per heavy atom. The first-order chi connectivity index (χ1) is 7.13. The lowest BCUT2D eigenvalue weighted by Gasteiger charge is -2.12. The number of benzene rings is 1. The van der Waals surface area contributed by atoms with Gasteiger partial charge in [-0.05, 0) is 24.6 Å². The smallest absolute Gasteiger partial charge is 0.0784 e. The van der Waals surface area contributed by atoms with Crippen LogP contribution in [-0.4, -0.2) is 19.8 Å². The summed E-state index contributed by atoms with van der Waals surface area (Å²) >= 11 is 6.00. The number of methoxy groups -OCH3 is 1. The molecule has 0 heterocycles. The topological polar surface area (TPSA) is 44.5 Å². The Balaban J connectivity index is 2.50. The number of ether oxygens (including phenoxy) is 2. The lowest BCUT2D eigenvalue weighted by molar-refractivity contribution is -0.0000903. The Morgan fingerprint density at radius 1 is 1.47 bits per heavy atom. The predicted octanol–water partition coefficient (Wildman–Crippen LogP) is 2.47. The first-order valence-corrected chi connectivity index (χ1v) is 5.15. The van der Waals surface area contributed by atoms with Crippen molar-refractivity contribution in [3.63, 3.8) is 0 Å². The highest BCUT2D eigenvalue weighted by Gasteiger charge is 2.04. The number of nitrogen functional groups attached to an aromatic ring is 1. The van der Waals surface area contributed by atoms with E-state index in [4.69, 9.17) is 26.8 Å². The number of hydrogen-bond donors (Lipinski definition) is 1. The maximum absolute atomic E-state index is 6.00. The van der Waals surface area contributed by atoms with Gasteiger partial charge in [0.05, 0.1) is 19.3 Å². The summed E-state index contributed by atoms with van der Waals surface area (Å²) in [5.41, 5.74) is 7.19. The minimum absolute atomic E-state index is 0.0589. The lowest BCUT2D eigenvalue weighted by Crippen LogP contribution is -2.14. The van der Waals surface area contributed by atoms with Crippen LogP contribution in [0.15, 0.2) is 18.2 Å². The Hall–Kier alpha value is -0.770. The van der Waals surface area contributed by atoms with E-state index in [-0.39, 0.29) is 6.10 Å². The fourth-order valence-corrected chi connectivity index (χ4v) is 1.44. The number of anilines is 1. The van der Waals surface area contributed by atoms with Crippen LogP contribution in [0, 0.1) is 0 Å². The average Bonchev–Trinajstić information content (AvgIpc) is 2.17. The average molecular weight is 230 g/mol. The van der Waals surface area contributed by atoms with Crippen molar-refractivity contribution in [3.8, 4) is 0 Å². The molecular weight excluding hydrogens is 214 g/mol. The van der Waals surface area contributed by atoms with Gasteiger partial charge in [0.25, 0.3) is 0 Å². The van der Waals surface area contributed by atoms with Gasteiger partial charge in [-0.3, -0.25) is 0 Å². The molecule has 1 unspecified atom stereocenters. The molecule has 1 atom stereocenters. The van der Waals surface area contributed by atoms with Gasteiger partial charge in [0.1, 0.15) is 0 Å². The number of hydrogen-bond acceptors (Lipinski definition) is 3. The quantitative estimate of drug-likeness (QED) is 0.789. The first-order valence-electron chi connectivity index (χ1n) is 4.78. The first kappa shape index (κ1) is 12.3. The van der Waals surface area contributed by atoms with Crippen molar-refractivity contribution in [2.24, 2.45) is 0 Å². The Kier molecular flexibility index (Phi) is 4.88. The van der Waals surface area contributed by atoms with Crippen LogP contribution < -0.4 is 5.73 Å². The molecule has 0 aliphatic heterocycles. The van der Waals surface area contributed by atoms with Gasteiger partial charge in [-0.1, -0.05) is 17.7 Å². The highest BCUT2D eigenvalue weighted by atomic mass is 35.5. The van der Waals surface area contributed by atoms with Crippen molar-refractivity contribution >= 4 is 17.3 Å². The second-order valence-electron chi connectivity index (χ2n) is 3.43. The summed E-state index contributed by atoms with van der Waals surface area (Å²) < 4.78 is 10.5. The molecule has 2 N–H and O–H groups in total. The molecule has 15 heavy (non-hydrogen) atoms. The van der Waals surface area contributed by atoms with Crippen molar-refractivity contribution in [2.75, 3.05) is 19.5 Å². The molecule has 84 valence electrons. The van der Waals surface area contributed by atoms with E-state index in [0.717, 1.165) is 5.56 Å². The summed E-state index contributed by atoms with van der Waals surface area (Å²) in [6, 6.07) is 5.41. The largest absolute Gasteiger partial charge is 0.399 e. The van der Waals surface area contributed by atoms with Gasteiger partial charge in [0, 0.05) is 17.8 Å². The summed E-state index contributed by atoms with van der Waals surface area (Å²) in [4.78, 5) is 0. The molecule has 0 saturated heterocycles. The molecule has 1 aromatic carbocycles. The normalized spacial score (nSPS) is 12.7. The second-order valence-corrected chi connectivity index (χ2v) is 3.84. The zero-order valence-electron chi connectivity index (χ0n) is 9.00. The fraction of sp³-hybridized carbons (Fsp3) is 0.455. The van der Waals surface area contributed by atoms with Gasteiger partial charge in [-0.15, -0.1) is 0 Å². The number of nitrogens with two attached hydrogens (primary N) is 1. The summed E-state index contributed by atoms with van der Waals surface area (Å²) in [5, 5.41) is 0.639.